The quantitative estimate of drug-likeness (QED) is 0.501. The van der Waals surface area contributed by atoms with Gasteiger partial charge in [0.05, 0.1) is 18.7 Å². The van der Waals surface area contributed by atoms with E-state index in [1.54, 1.807) is 6.92 Å². The molecule has 0 radical (unpaired) electrons. The number of nitrogens with zero attached hydrogens (tertiary/aromatic N) is 4. The second-order valence-electron chi connectivity index (χ2n) is 10.2. The lowest BCUT2D eigenvalue weighted by Gasteiger charge is -2.56. The Hall–Kier alpha value is -3.08. The van der Waals surface area contributed by atoms with Gasteiger partial charge < -0.3 is 19.6 Å². The number of carboxylic acid groups (broad SMARTS) is 1. The number of aromatic nitrogens is 2. The molecule has 0 spiro atoms. The lowest BCUT2D eigenvalue weighted by Crippen LogP contribution is -2.69. The Morgan fingerprint density at radius 3 is 2.43 bits per heavy atom. The van der Waals surface area contributed by atoms with Gasteiger partial charge in [-0.2, -0.15) is 5.10 Å². The number of aliphatic carboxylic acids is 1. The largest absolute Gasteiger partial charge is 0.480 e. The van der Waals surface area contributed by atoms with Crippen molar-refractivity contribution in [3.63, 3.8) is 0 Å². The number of ether oxygens (including phenoxy) is 1. The lowest BCUT2D eigenvalue weighted by atomic mass is 9.92. The number of nitrogens with one attached hydrogen (secondary N) is 1. The van der Waals surface area contributed by atoms with Gasteiger partial charge in [0.25, 0.3) is 0 Å². The Balaban J connectivity index is 1.59. The van der Waals surface area contributed by atoms with Crippen LogP contribution in [-0.2, 0) is 16.0 Å². The van der Waals surface area contributed by atoms with Crippen LogP contribution in [0.25, 0.3) is 10.9 Å². The fraction of sp³-hybridized carbons (Fsp3) is 0.481. The van der Waals surface area contributed by atoms with Crippen LogP contribution in [0.1, 0.15) is 30.9 Å². The van der Waals surface area contributed by atoms with Gasteiger partial charge in [0.2, 0.25) is 0 Å². The molecular formula is C27H33F2N5O3. The number of hydrogen-bond donors (Lipinski definition) is 2. The average molecular weight is 514 g/mol. The molecule has 0 amide bonds. The molecule has 2 aliphatic rings. The van der Waals surface area contributed by atoms with Crippen molar-refractivity contribution in [3.05, 3.63) is 59.2 Å². The minimum absolute atomic E-state index is 0.334. The van der Waals surface area contributed by atoms with Crippen molar-refractivity contribution in [2.24, 2.45) is 0 Å². The highest BCUT2D eigenvalue weighted by atomic mass is 19.1. The van der Waals surface area contributed by atoms with E-state index in [1.165, 1.54) is 12.1 Å². The molecule has 3 aromatic rings. The Labute approximate surface area is 214 Å². The molecule has 8 nitrogen and oxygen atoms in total. The Bertz CT molecular complexity index is 1250. The highest BCUT2D eigenvalue weighted by molar-refractivity contribution is 5.93. The molecule has 0 aliphatic carbocycles. The normalized spacial score (nSPS) is 19.7. The standard InChI is InChI=1S/C27H33F2N5O3/c1-18(26(35)36)34(27(5-11-37-12-6-27)33-9-7-32(2)8-10-33)25-23-16-19(3-4-24(23)30-31-25)13-20-14-21(28)17-22(29)15-20/h3-4,14-18H,5-13H2,1-2H3,(H,30,31)(H,35,36). The molecule has 1 aromatic heterocycles. The highest BCUT2D eigenvalue weighted by Gasteiger charge is 2.49. The van der Waals surface area contributed by atoms with Gasteiger partial charge in [-0.3, -0.25) is 10.00 Å². The van der Waals surface area contributed by atoms with E-state index in [2.05, 4.69) is 27.0 Å². The van der Waals surface area contributed by atoms with Crippen LogP contribution in [0.5, 0.6) is 0 Å². The molecule has 1 unspecified atom stereocenters. The molecule has 2 N–H and O–H groups in total. The predicted molar refractivity (Wildman–Crippen MR) is 137 cm³/mol. The monoisotopic (exact) mass is 513 g/mol. The van der Waals surface area contributed by atoms with Crippen molar-refractivity contribution >= 4 is 22.7 Å². The van der Waals surface area contributed by atoms with E-state index in [0.717, 1.165) is 48.7 Å². The Kier molecular flexibility index (Phi) is 7.15. The number of carbonyl (C=O) groups is 1. The molecule has 10 heteroatoms. The van der Waals surface area contributed by atoms with E-state index in [1.807, 2.05) is 23.1 Å². The predicted octanol–water partition coefficient (Wildman–Crippen LogP) is 3.47. The molecule has 2 saturated heterocycles. The van der Waals surface area contributed by atoms with Crippen LogP contribution in [0, 0.1) is 11.6 Å². The molecule has 5 rings (SSSR count). The highest BCUT2D eigenvalue weighted by Crippen LogP contribution is 2.40. The minimum atomic E-state index is -0.928. The van der Waals surface area contributed by atoms with Crippen molar-refractivity contribution in [1.82, 2.24) is 20.0 Å². The number of fused-ring (bicyclic) bond motifs is 1. The van der Waals surface area contributed by atoms with Crippen molar-refractivity contribution in [1.29, 1.82) is 0 Å². The number of H-pyrrole nitrogens is 1. The summed E-state index contributed by atoms with van der Waals surface area (Å²) in [4.78, 5) is 19.1. The summed E-state index contributed by atoms with van der Waals surface area (Å²) >= 11 is 0. The molecule has 1 atom stereocenters. The maximum Gasteiger partial charge on any atom is 0.326 e. The topological polar surface area (TPSA) is 84.9 Å². The summed E-state index contributed by atoms with van der Waals surface area (Å²) in [5.41, 5.74) is 1.58. The number of aromatic amines is 1. The number of piperazine rings is 1. The van der Waals surface area contributed by atoms with E-state index < -0.39 is 29.3 Å². The van der Waals surface area contributed by atoms with E-state index in [0.29, 0.717) is 43.9 Å². The summed E-state index contributed by atoms with van der Waals surface area (Å²) in [6, 6.07) is 8.38. The number of benzene rings is 2. The summed E-state index contributed by atoms with van der Waals surface area (Å²) in [6.45, 7) is 6.20. The zero-order valence-electron chi connectivity index (χ0n) is 21.2. The van der Waals surface area contributed by atoms with Crippen molar-refractivity contribution in [3.8, 4) is 0 Å². The summed E-state index contributed by atoms with van der Waals surface area (Å²) < 4.78 is 33.3. The van der Waals surface area contributed by atoms with Crippen LogP contribution in [-0.4, -0.2) is 89.2 Å². The molecule has 198 valence electrons. The third kappa shape index (κ3) is 5.05. The molecule has 0 bridgehead atoms. The van der Waals surface area contributed by atoms with Crippen LogP contribution in [0.3, 0.4) is 0 Å². The van der Waals surface area contributed by atoms with Gasteiger partial charge in [-0.25, -0.2) is 13.6 Å². The summed E-state index contributed by atoms with van der Waals surface area (Å²) in [5, 5.41) is 18.7. The maximum atomic E-state index is 13.8. The third-order valence-electron chi connectivity index (χ3n) is 7.74. The lowest BCUT2D eigenvalue weighted by molar-refractivity contribution is -0.140. The van der Waals surface area contributed by atoms with Crippen LogP contribution >= 0.6 is 0 Å². The second-order valence-corrected chi connectivity index (χ2v) is 10.2. The molecule has 37 heavy (non-hydrogen) atoms. The first-order valence-electron chi connectivity index (χ1n) is 12.7. The average Bonchev–Trinajstić information content (AvgIpc) is 3.27. The summed E-state index contributed by atoms with van der Waals surface area (Å²) in [7, 11) is 2.10. The number of carboxylic acids is 1. The third-order valence-corrected chi connectivity index (χ3v) is 7.74. The number of anilines is 1. The number of rotatable bonds is 7. The fourth-order valence-corrected chi connectivity index (χ4v) is 5.77. The molecule has 2 fully saturated rings. The zero-order valence-corrected chi connectivity index (χ0v) is 21.2. The number of hydrogen-bond acceptors (Lipinski definition) is 6. The van der Waals surface area contributed by atoms with Crippen molar-refractivity contribution in [2.75, 3.05) is 51.3 Å². The first-order chi connectivity index (χ1) is 17.8. The van der Waals surface area contributed by atoms with Crippen molar-refractivity contribution < 1.29 is 23.4 Å². The molecule has 2 aromatic carbocycles. The Morgan fingerprint density at radius 2 is 1.78 bits per heavy atom. The second kappa shape index (κ2) is 10.4. The minimum Gasteiger partial charge on any atom is -0.480 e. The SMILES string of the molecule is CC(C(=O)O)N(c1n[nH]c2ccc(Cc3cc(F)cc(F)c3)cc12)C1(N2CCN(C)CC2)CCOCC1. The van der Waals surface area contributed by atoms with E-state index in [-0.39, 0.29) is 0 Å². The van der Waals surface area contributed by atoms with Gasteiger partial charge in [-0.05, 0) is 55.8 Å². The van der Waals surface area contributed by atoms with Gasteiger partial charge in [0.1, 0.15) is 23.3 Å². The fourth-order valence-electron chi connectivity index (χ4n) is 5.77. The van der Waals surface area contributed by atoms with E-state index in [4.69, 9.17) is 4.74 Å². The zero-order chi connectivity index (χ0) is 26.2. The van der Waals surface area contributed by atoms with Gasteiger partial charge in [0, 0.05) is 50.5 Å². The Morgan fingerprint density at radius 1 is 1.11 bits per heavy atom. The summed E-state index contributed by atoms with van der Waals surface area (Å²) in [6.07, 6.45) is 1.65. The van der Waals surface area contributed by atoms with E-state index >= 15 is 0 Å². The van der Waals surface area contributed by atoms with E-state index in [9.17, 15) is 18.7 Å². The maximum absolute atomic E-state index is 13.8. The van der Waals surface area contributed by atoms with Crippen molar-refractivity contribution in [2.45, 2.75) is 37.9 Å². The number of halogens is 2. The van der Waals surface area contributed by atoms with Gasteiger partial charge in [0.15, 0.2) is 5.82 Å². The van der Waals surface area contributed by atoms with Gasteiger partial charge >= 0.3 is 5.97 Å². The van der Waals surface area contributed by atoms with Crippen LogP contribution < -0.4 is 4.90 Å². The first-order valence-corrected chi connectivity index (χ1v) is 12.7. The van der Waals surface area contributed by atoms with Crippen LogP contribution in [0.15, 0.2) is 36.4 Å². The first kappa shape index (κ1) is 25.6. The van der Waals surface area contributed by atoms with Crippen LogP contribution in [0.2, 0.25) is 0 Å². The molecular weight excluding hydrogens is 480 g/mol. The number of likely N-dealkylation sites (N-methyl/N-ethyl adjacent to an activating group) is 1. The molecule has 0 saturated carbocycles. The van der Waals surface area contributed by atoms with Gasteiger partial charge in [-0.1, -0.05) is 6.07 Å². The van der Waals surface area contributed by atoms with Gasteiger partial charge in [-0.15, -0.1) is 0 Å². The molecule has 3 heterocycles. The summed E-state index contributed by atoms with van der Waals surface area (Å²) in [5.74, 6) is -1.59. The smallest absolute Gasteiger partial charge is 0.326 e. The molecule has 2 aliphatic heterocycles. The van der Waals surface area contributed by atoms with Crippen LogP contribution in [0.4, 0.5) is 14.6 Å².